The van der Waals surface area contributed by atoms with E-state index in [1.54, 1.807) is 6.21 Å². The van der Waals surface area contributed by atoms with Gasteiger partial charge in [-0.15, -0.1) is 10.2 Å². The molecule has 7 nitrogen and oxygen atoms in total. The van der Waals surface area contributed by atoms with Gasteiger partial charge in [0.1, 0.15) is 6.54 Å². The quantitative estimate of drug-likeness (QED) is 0.539. The van der Waals surface area contributed by atoms with Gasteiger partial charge in [-0.2, -0.15) is 9.90 Å². The van der Waals surface area contributed by atoms with Crippen LogP contribution >= 0.6 is 15.9 Å². The molecule has 0 aliphatic carbocycles. The molecule has 0 fully saturated rings. The number of carbonyl (C=O) groups is 1. The Kier molecular flexibility index (Phi) is 5.07. The van der Waals surface area contributed by atoms with Gasteiger partial charge in [0.15, 0.2) is 0 Å². The van der Waals surface area contributed by atoms with E-state index in [2.05, 4.69) is 41.9 Å². The number of rotatable bonds is 5. The topological polar surface area (TPSA) is 85.1 Å². The molecule has 0 saturated carbocycles. The van der Waals surface area contributed by atoms with Crippen LogP contribution in [0.15, 0.2) is 64.2 Å². The van der Waals surface area contributed by atoms with E-state index >= 15 is 0 Å². The Bertz CT molecular complexity index is 862. The van der Waals surface area contributed by atoms with Crippen LogP contribution in [0.25, 0.3) is 11.4 Å². The van der Waals surface area contributed by atoms with Crippen LogP contribution in [0.4, 0.5) is 0 Å². The van der Waals surface area contributed by atoms with E-state index in [-0.39, 0.29) is 12.5 Å². The Morgan fingerprint density at radius 3 is 2.83 bits per heavy atom. The SMILES string of the molecule is O=C(Cn1nnc(-c2ccccc2)n1)N/N=C\c1cccc(Br)c1. The molecule has 1 heterocycles. The average Bonchev–Trinajstić information content (AvgIpc) is 3.04. The number of amides is 1. The highest BCUT2D eigenvalue weighted by atomic mass is 79.9. The molecular formula is C16H13BrN6O. The highest BCUT2D eigenvalue weighted by molar-refractivity contribution is 9.10. The molecule has 0 atom stereocenters. The van der Waals surface area contributed by atoms with Gasteiger partial charge in [0, 0.05) is 10.0 Å². The van der Waals surface area contributed by atoms with E-state index in [1.165, 1.54) is 4.80 Å². The van der Waals surface area contributed by atoms with Gasteiger partial charge in [0.2, 0.25) is 5.82 Å². The normalized spacial score (nSPS) is 10.9. The summed E-state index contributed by atoms with van der Waals surface area (Å²) >= 11 is 3.37. The molecule has 0 radical (unpaired) electrons. The van der Waals surface area contributed by atoms with E-state index in [0.717, 1.165) is 15.6 Å². The highest BCUT2D eigenvalue weighted by Gasteiger charge is 2.08. The monoisotopic (exact) mass is 384 g/mol. The molecule has 2 aromatic carbocycles. The summed E-state index contributed by atoms with van der Waals surface area (Å²) in [6, 6.07) is 17.0. The molecule has 3 rings (SSSR count). The second-order valence-electron chi connectivity index (χ2n) is 4.86. The van der Waals surface area contributed by atoms with Gasteiger partial charge < -0.3 is 0 Å². The maximum Gasteiger partial charge on any atom is 0.263 e. The minimum atomic E-state index is -0.335. The van der Waals surface area contributed by atoms with Gasteiger partial charge >= 0.3 is 0 Å². The lowest BCUT2D eigenvalue weighted by molar-refractivity contribution is -0.122. The Hall–Kier alpha value is -2.87. The first-order chi connectivity index (χ1) is 11.7. The second-order valence-corrected chi connectivity index (χ2v) is 5.77. The molecule has 1 N–H and O–H groups in total. The molecule has 0 spiro atoms. The fourth-order valence-electron chi connectivity index (χ4n) is 1.94. The minimum absolute atomic E-state index is 0.0599. The van der Waals surface area contributed by atoms with E-state index in [4.69, 9.17) is 0 Å². The lowest BCUT2D eigenvalue weighted by atomic mass is 10.2. The van der Waals surface area contributed by atoms with Crippen molar-refractivity contribution in [2.45, 2.75) is 6.54 Å². The van der Waals surface area contributed by atoms with Crippen molar-refractivity contribution in [1.82, 2.24) is 25.6 Å². The molecule has 0 saturated heterocycles. The number of nitrogens with zero attached hydrogens (tertiary/aromatic N) is 5. The van der Waals surface area contributed by atoms with Gasteiger partial charge in [-0.1, -0.05) is 58.4 Å². The van der Waals surface area contributed by atoms with E-state index in [0.29, 0.717) is 5.82 Å². The van der Waals surface area contributed by atoms with Crippen molar-refractivity contribution in [3.05, 3.63) is 64.6 Å². The number of hydrogen-bond donors (Lipinski definition) is 1. The smallest absolute Gasteiger partial charge is 0.263 e. The summed E-state index contributed by atoms with van der Waals surface area (Å²) in [5.41, 5.74) is 4.15. The minimum Gasteiger partial charge on any atom is -0.271 e. The maximum atomic E-state index is 11.9. The van der Waals surface area contributed by atoms with E-state index in [1.807, 2.05) is 54.6 Å². The van der Waals surface area contributed by atoms with E-state index in [9.17, 15) is 4.79 Å². The summed E-state index contributed by atoms with van der Waals surface area (Å²) in [6.45, 7) is -0.0599. The van der Waals surface area contributed by atoms with Crippen LogP contribution in [0.2, 0.25) is 0 Å². The summed E-state index contributed by atoms with van der Waals surface area (Å²) in [5.74, 6) is 0.138. The largest absolute Gasteiger partial charge is 0.271 e. The Balaban J connectivity index is 1.57. The lowest BCUT2D eigenvalue weighted by Gasteiger charge is -1.98. The first-order valence-corrected chi connectivity index (χ1v) is 7.91. The maximum absolute atomic E-state index is 11.9. The Morgan fingerprint density at radius 2 is 2.04 bits per heavy atom. The molecule has 120 valence electrons. The second kappa shape index (κ2) is 7.60. The summed E-state index contributed by atoms with van der Waals surface area (Å²) in [5, 5.41) is 15.9. The van der Waals surface area contributed by atoms with Gasteiger partial charge in [0.25, 0.3) is 5.91 Å². The van der Waals surface area contributed by atoms with Crippen LogP contribution in [-0.4, -0.2) is 32.3 Å². The molecule has 1 amide bonds. The number of aromatic nitrogens is 4. The predicted molar refractivity (Wildman–Crippen MR) is 93.1 cm³/mol. The Morgan fingerprint density at radius 1 is 1.21 bits per heavy atom. The van der Waals surface area contributed by atoms with Crippen molar-refractivity contribution in [3.63, 3.8) is 0 Å². The fourth-order valence-corrected chi connectivity index (χ4v) is 2.36. The molecule has 0 bridgehead atoms. The van der Waals surface area contributed by atoms with E-state index < -0.39 is 0 Å². The van der Waals surface area contributed by atoms with Crippen molar-refractivity contribution >= 4 is 28.1 Å². The zero-order valence-corrected chi connectivity index (χ0v) is 14.1. The number of benzene rings is 2. The molecule has 0 aliphatic heterocycles. The van der Waals surface area contributed by atoms with Crippen molar-refractivity contribution in [1.29, 1.82) is 0 Å². The van der Waals surface area contributed by atoms with Crippen LogP contribution < -0.4 is 5.43 Å². The summed E-state index contributed by atoms with van der Waals surface area (Å²) < 4.78 is 0.943. The molecule has 3 aromatic rings. The van der Waals surface area contributed by atoms with Crippen LogP contribution in [0.5, 0.6) is 0 Å². The number of halogens is 1. The van der Waals surface area contributed by atoms with Crippen LogP contribution in [-0.2, 0) is 11.3 Å². The number of hydrazone groups is 1. The van der Waals surface area contributed by atoms with Crippen molar-refractivity contribution in [3.8, 4) is 11.4 Å². The number of nitrogens with one attached hydrogen (secondary N) is 1. The standard InChI is InChI=1S/C16H13BrN6O/c17-14-8-4-5-12(9-14)10-18-19-15(24)11-23-21-16(20-22-23)13-6-2-1-3-7-13/h1-10H,11H2,(H,19,24)/b18-10-. The van der Waals surface area contributed by atoms with Crippen LogP contribution in [0.3, 0.4) is 0 Å². The highest BCUT2D eigenvalue weighted by Crippen LogP contribution is 2.11. The fraction of sp³-hybridized carbons (Fsp3) is 0.0625. The third-order valence-electron chi connectivity index (χ3n) is 3.02. The first-order valence-electron chi connectivity index (χ1n) is 7.11. The molecule has 0 unspecified atom stereocenters. The van der Waals surface area contributed by atoms with Crippen LogP contribution in [0, 0.1) is 0 Å². The van der Waals surface area contributed by atoms with Gasteiger partial charge in [-0.05, 0) is 22.9 Å². The van der Waals surface area contributed by atoms with Gasteiger partial charge in [-0.25, -0.2) is 5.43 Å². The zero-order valence-electron chi connectivity index (χ0n) is 12.5. The summed E-state index contributed by atoms with van der Waals surface area (Å²) in [7, 11) is 0. The van der Waals surface area contributed by atoms with Crippen molar-refractivity contribution in [2.75, 3.05) is 0 Å². The third kappa shape index (κ3) is 4.32. The number of tetrazole rings is 1. The number of hydrogen-bond acceptors (Lipinski definition) is 5. The molecule has 0 aliphatic rings. The summed E-state index contributed by atoms with van der Waals surface area (Å²) in [4.78, 5) is 13.1. The zero-order chi connectivity index (χ0) is 16.8. The molecular weight excluding hydrogens is 372 g/mol. The number of carbonyl (C=O) groups excluding carboxylic acids is 1. The van der Waals surface area contributed by atoms with Gasteiger partial charge in [0.05, 0.1) is 6.21 Å². The van der Waals surface area contributed by atoms with Crippen molar-refractivity contribution < 1.29 is 4.79 Å². The molecule has 8 heteroatoms. The van der Waals surface area contributed by atoms with Gasteiger partial charge in [-0.3, -0.25) is 4.79 Å². The van der Waals surface area contributed by atoms with Crippen molar-refractivity contribution in [2.24, 2.45) is 5.10 Å². The lowest BCUT2D eigenvalue weighted by Crippen LogP contribution is -2.24. The average molecular weight is 385 g/mol. The Labute approximate surface area is 146 Å². The first kappa shape index (κ1) is 16.0. The summed E-state index contributed by atoms with van der Waals surface area (Å²) in [6.07, 6.45) is 1.56. The molecule has 1 aromatic heterocycles. The van der Waals surface area contributed by atoms with Crippen LogP contribution in [0.1, 0.15) is 5.56 Å². The predicted octanol–water partition coefficient (Wildman–Crippen LogP) is 2.25. The third-order valence-corrected chi connectivity index (χ3v) is 3.51. The molecule has 24 heavy (non-hydrogen) atoms.